The van der Waals surface area contributed by atoms with Crippen LogP contribution in [0.3, 0.4) is 0 Å². The minimum Gasteiger partial charge on any atom is -0.454 e. The summed E-state index contributed by atoms with van der Waals surface area (Å²) in [7, 11) is 0. The van der Waals surface area contributed by atoms with E-state index in [1.54, 1.807) is 30.3 Å². The fraction of sp³-hybridized carbons (Fsp3) is 0. The normalized spacial score (nSPS) is 10.3. The van der Waals surface area contributed by atoms with Crippen LogP contribution in [0, 0.1) is 21.4 Å². The van der Waals surface area contributed by atoms with Crippen LogP contribution in [0.1, 0.15) is 5.56 Å². The van der Waals surface area contributed by atoms with Crippen LogP contribution < -0.4 is 4.74 Å². The highest BCUT2D eigenvalue weighted by Crippen LogP contribution is 2.36. The molecule has 1 heterocycles. The van der Waals surface area contributed by atoms with E-state index in [1.165, 1.54) is 18.3 Å². The summed E-state index contributed by atoms with van der Waals surface area (Å²) in [5.74, 6) is 0.575. The Kier molecular flexibility index (Phi) is 3.79. The monoisotopic (exact) mass is 325 g/mol. The van der Waals surface area contributed by atoms with Gasteiger partial charge in [-0.2, -0.15) is 5.26 Å². The number of nitriles is 1. The Hall–Kier alpha value is -3.17. The highest BCUT2D eigenvalue weighted by Gasteiger charge is 2.17. The summed E-state index contributed by atoms with van der Waals surface area (Å²) in [5.41, 5.74) is 0.467. The number of non-ortho nitro benzene ring substituents is 1. The lowest BCUT2D eigenvalue weighted by atomic mass is 10.1. The van der Waals surface area contributed by atoms with Gasteiger partial charge in [0.15, 0.2) is 5.75 Å². The van der Waals surface area contributed by atoms with E-state index in [0.717, 1.165) is 0 Å². The number of aromatic nitrogens is 1. The first-order valence-electron chi connectivity index (χ1n) is 6.50. The molecular weight excluding hydrogens is 318 g/mol. The first kappa shape index (κ1) is 14.8. The predicted octanol–water partition coefficient (Wildman–Crippen LogP) is 4.46. The van der Waals surface area contributed by atoms with Crippen molar-refractivity contribution in [2.75, 3.05) is 0 Å². The van der Waals surface area contributed by atoms with E-state index in [9.17, 15) is 15.4 Å². The highest BCUT2D eigenvalue weighted by molar-refractivity contribution is 6.31. The number of fused-ring (bicyclic) bond motifs is 1. The maximum absolute atomic E-state index is 11.1. The zero-order valence-corrected chi connectivity index (χ0v) is 12.3. The zero-order valence-electron chi connectivity index (χ0n) is 11.6. The number of rotatable bonds is 3. The lowest BCUT2D eigenvalue weighted by Crippen LogP contribution is -1.94. The molecule has 7 heteroatoms. The molecule has 0 fully saturated rings. The topological polar surface area (TPSA) is 89.0 Å². The summed E-state index contributed by atoms with van der Waals surface area (Å²) in [5, 5.41) is 20.9. The van der Waals surface area contributed by atoms with Crippen molar-refractivity contribution in [3.63, 3.8) is 0 Å². The van der Waals surface area contributed by atoms with E-state index < -0.39 is 4.92 Å². The number of benzene rings is 2. The van der Waals surface area contributed by atoms with Crippen LogP contribution in [0.4, 0.5) is 5.69 Å². The smallest absolute Gasteiger partial charge is 0.279 e. The van der Waals surface area contributed by atoms with Crippen molar-refractivity contribution < 1.29 is 9.66 Å². The van der Waals surface area contributed by atoms with Crippen molar-refractivity contribution >= 4 is 28.2 Å². The van der Waals surface area contributed by atoms with Crippen LogP contribution in [0.15, 0.2) is 48.7 Å². The van der Waals surface area contributed by atoms with Crippen LogP contribution in [0.2, 0.25) is 5.02 Å². The molecule has 3 aromatic rings. The molecule has 0 aliphatic heterocycles. The van der Waals surface area contributed by atoms with Gasteiger partial charge in [-0.3, -0.25) is 15.1 Å². The quantitative estimate of drug-likeness (QED) is 0.524. The number of hydrogen-bond acceptors (Lipinski definition) is 5. The first-order valence-corrected chi connectivity index (χ1v) is 6.88. The van der Waals surface area contributed by atoms with E-state index in [4.69, 9.17) is 16.3 Å². The van der Waals surface area contributed by atoms with E-state index in [-0.39, 0.29) is 22.0 Å². The van der Waals surface area contributed by atoms with Crippen molar-refractivity contribution in [2.24, 2.45) is 0 Å². The third kappa shape index (κ3) is 2.65. The average Bonchev–Trinajstić information content (AvgIpc) is 2.55. The average molecular weight is 326 g/mol. The molecule has 0 saturated heterocycles. The van der Waals surface area contributed by atoms with Crippen molar-refractivity contribution in [1.29, 1.82) is 5.26 Å². The number of nitro groups is 1. The molecule has 6 nitrogen and oxygen atoms in total. The maximum atomic E-state index is 11.1. The molecule has 0 aliphatic rings. The van der Waals surface area contributed by atoms with Gasteiger partial charge in [0, 0.05) is 12.3 Å². The van der Waals surface area contributed by atoms with Gasteiger partial charge in [0.05, 0.1) is 15.3 Å². The molecule has 0 radical (unpaired) electrons. The Balaban J connectivity index is 2.16. The zero-order chi connectivity index (χ0) is 16.4. The van der Waals surface area contributed by atoms with Gasteiger partial charge in [-0.05, 0) is 30.3 Å². The highest BCUT2D eigenvalue weighted by atomic mass is 35.5. The SMILES string of the molecule is N#Cc1c(Cl)cccc1Oc1ccc([N+](=O)[O-])c2cccnc12. The van der Waals surface area contributed by atoms with E-state index in [0.29, 0.717) is 16.7 Å². The summed E-state index contributed by atoms with van der Waals surface area (Å²) >= 11 is 5.97. The molecule has 0 aliphatic carbocycles. The molecule has 0 atom stereocenters. The largest absolute Gasteiger partial charge is 0.454 e. The van der Waals surface area contributed by atoms with Gasteiger partial charge in [-0.25, -0.2) is 0 Å². The summed E-state index contributed by atoms with van der Waals surface area (Å²) in [6.07, 6.45) is 1.52. The number of halogens is 1. The predicted molar refractivity (Wildman–Crippen MR) is 84.6 cm³/mol. The molecule has 0 unspecified atom stereocenters. The number of nitrogens with zero attached hydrogens (tertiary/aromatic N) is 3. The molecule has 0 bridgehead atoms. The number of pyridine rings is 1. The second-order valence-corrected chi connectivity index (χ2v) is 4.97. The van der Waals surface area contributed by atoms with E-state index in [1.807, 2.05) is 6.07 Å². The number of hydrogen-bond donors (Lipinski definition) is 0. The fourth-order valence-corrected chi connectivity index (χ4v) is 2.40. The Morgan fingerprint density at radius 3 is 2.74 bits per heavy atom. The van der Waals surface area contributed by atoms with Crippen LogP contribution in [-0.2, 0) is 0 Å². The fourth-order valence-electron chi connectivity index (χ4n) is 2.19. The molecule has 1 aromatic heterocycles. The lowest BCUT2D eigenvalue weighted by Gasteiger charge is -2.10. The molecule has 23 heavy (non-hydrogen) atoms. The Morgan fingerprint density at radius 2 is 2.00 bits per heavy atom. The third-order valence-electron chi connectivity index (χ3n) is 3.21. The van der Waals surface area contributed by atoms with Crippen LogP contribution in [0.5, 0.6) is 11.5 Å². The molecule has 0 N–H and O–H groups in total. The number of nitro benzene ring substituents is 1. The summed E-state index contributed by atoms with van der Waals surface area (Å²) < 4.78 is 5.74. The summed E-state index contributed by atoms with van der Waals surface area (Å²) in [4.78, 5) is 14.8. The number of ether oxygens (including phenoxy) is 1. The van der Waals surface area contributed by atoms with Crippen LogP contribution >= 0.6 is 11.6 Å². The third-order valence-corrected chi connectivity index (χ3v) is 3.53. The first-order chi connectivity index (χ1) is 11.1. The molecule has 0 saturated carbocycles. The van der Waals surface area contributed by atoms with E-state index >= 15 is 0 Å². The summed E-state index contributed by atoms with van der Waals surface area (Å²) in [6.45, 7) is 0. The van der Waals surface area contributed by atoms with Gasteiger partial charge >= 0.3 is 0 Å². The van der Waals surface area contributed by atoms with Gasteiger partial charge in [-0.1, -0.05) is 17.7 Å². The maximum Gasteiger partial charge on any atom is 0.279 e. The van der Waals surface area contributed by atoms with Gasteiger partial charge in [0.25, 0.3) is 5.69 Å². The molecular formula is C16H8ClN3O3. The van der Waals surface area contributed by atoms with Crippen molar-refractivity contribution in [1.82, 2.24) is 4.98 Å². The second-order valence-electron chi connectivity index (χ2n) is 4.57. The van der Waals surface area contributed by atoms with E-state index in [2.05, 4.69) is 4.98 Å². The van der Waals surface area contributed by atoms with Crippen LogP contribution in [-0.4, -0.2) is 9.91 Å². The van der Waals surface area contributed by atoms with Gasteiger partial charge in [0.2, 0.25) is 0 Å². The minimum atomic E-state index is -0.478. The molecule has 3 rings (SSSR count). The molecule has 0 amide bonds. The van der Waals surface area contributed by atoms with Gasteiger partial charge in [0.1, 0.15) is 22.9 Å². The van der Waals surface area contributed by atoms with Crippen molar-refractivity contribution in [3.8, 4) is 17.6 Å². The lowest BCUT2D eigenvalue weighted by molar-refractivity contribution is -0.383. The van der Waals surface area contributed by atoms with Crippen molar-refractivity contribution in [3.05, 3.63) is 69.4 Å². The van der Waals surface area contributed by atoms with Crippen molar-refractivity contribution in [2.45, 2.75) is 0 Å². The van der Waals surface area contributed by atoms with Gasteiger partial charge in [-0.15, -0.1) is 0 Å². The van der Waals surface area contributed by atoms with Crippen LogP contribution in [0.25, 0.3) is 10.9 Å². The summed E-state index contributed by atoms with van der Waals surface area (Å²) in [6, 6.07) is 12.8. The Morgan fingerprint density at radius 1 is 1.17 bits per heavy atom. The molecule has 2 aromatic carbocycles. The second kappa shape index (κ2) is 5.91. The Labute approximate surface area is 135 Å². The van der Waals surface area contributed by atoms with Gasteiger partial charge < -0.3 is 4.74 Å². The molecule has 0 spiro atoms. The minimum absolute atomic E-state index is 0.0629. The standard InChI is InChI=1S/C16H8ClN3O3/c17-12-4-1-5-14(11(12)9-18)23-15-7-6-13(20(21)22)10-3-2-8-19-16(10)15/h1-8H. The molecule has 112 valence electrons. The Bertz CT molecular complexity index is 966.